The molecule has 0 aliphatic heterocycles. The van der Waals surface area contributed by atoms with E-state index in [1.54, 1.807) is 0 Å². The Kier molecular flexibility index (Phi) is 3.78. The Morgan fingerprint density at radius 3 is 2.27 bits per heavy atom. The van der Waals surface area contributed by atoms with E-state index in [9.17, 15) is 0 Å². The quantitative estimate of drug-likeness (QED) is 0.224. The second-order valence-corrected chi connectivity index (χ2v) is 11.1. The lowest BCUT2D eigenvalue weighted by Crippen LogP contribution is -1.83. The number of fused-ring (bicyclic) bond motifs is 12. The summed E-state index contributed by atoms with van der Waals surface area (Å²) in [5, 5.41) is 7.57. The van der Waals surface area contributed by atoms with Gasteiger partial charge < -0.3 is 4.42 Å². The second-order valence-electron chi connectivity index (χ2n) is 10.1. The molecule has 2 aromatic heterocycles. The molecule has 172 valence electrons. The highest BCUT2D eigenvalue weighted by molar-refractivity contribution is 7.25. The first kappa shape index (κ1) is 19.7. The van der Waals surface area contributed by atoms with Gasteiger partial charge in [0.15, 0.2) is 0 Å². The van der Waals surface area contributed by atoms with E-state index in [0.29, 0.717) is 0 Å². The van der Waals surface area contributed by atoms with E-state index < -0.39 is 0 Å². The molecule has 2 heterocycles. The van der Waals surface area contributed by atoms with E-state index in [-0.39, 0.29) is 0 Å². The van der Waals surface area contributed by atoms with Gasteiger partial charge in [0, 0.05) is 36.5 Å². The summed E-state index contributed by atoms with van der Waals surface area (Å²) in [5.74, 6) is 0. The van der Waals surface area contributed by atoms with Gasteiger partial charge in [-0.25, -0.2) is 0 Å². The Morgan fingerprint density at radius 1 is 0.541 bits per heavy atom. The SMILES string of the molecule is c1ccc2c(c1)Cc1ccc3c(oc4cc(-c5ccc6sc7ccccc7c6c5)c5ccccc5c43)c1-2. The molecule has 0 fully saturated rings. The van der Waals surface area contributed by atoms with Gasteiger partial charge in [0.05, 0.1) is 0 Å². The van der Waals surface area contributed by atoms with E-state index in [1.807, 2.05) is 11.3 Å². The fourth-order valence-electron chi connectivity index (χ4n) is 6.44. The van der Waals surface area contributed by atoms with Crippen molar-refractivity contribution in [3.8, 4) is 22.3 Å². The van der Waals surface area contributed by atoms with Crippen LogP contribution < -0.4 is 0 Å². The van der Waals surface area contributed by atoms with E-state index in [2.05, 4.69) is 109 Å². The number of hydrogen-bond acceptors (Lipinski definition) is 2. The zero-order chi connectivity index (χ0) is 24.1. The molecular formula is C35H20OS. The lowest BCUT2D eigenvalue weighted by molar-refractivity contribution is 0.670. The molecule has 0 N–H and O–H groups in total. The first-order chi connectivity index (χ1) is 18.3. The molecule has 2 heteroatoms. The van der Waals surface area contributed by atoms with E-state index >= 15 is 0 Å². The van der Waals surface area contributed by atoms with E-state index in [1.165, 1.54) is 75.1 Å². The molecule has 0 radical (unpaired) electrons. The lowest BCUT2D eigenvalue weighted by Gasteiger charge is -2.09. The predicted molar refractivity (Wildman–Crippen MR) is 158 cm³/mol. The van der Waals surface area contributed by atoms with Crippen molar-refractivity contribution in [3.63, 3.8) is 0 Å². The molecule has 8 aromatic rings. The Hall–Kier alpha value is -4.40. The summed E-state index contributed by atoms with van der Waals surface area (Å²) in [6.45, 7) is 0. The summed E-state index contributed by atoms with van der Waals surface area (Å²) in [6, 6.07) is 39.9. The van der Waals surface area contributed by atoms with Gasteiger partial charge in [-0.2, -0.15) is 0 Å². The average Bonchev–Trinajstić information content (AvgIpc) is 3.62. The summed E-state index contributed by atoms with van der Waals surface area (Å²) in [5.41, 5.74) is 9.72. The predicted octanol–water partition coefficient (Wildman–Crippen LogP) is 10.3. The van der Waals surface area contributed by atoms with Gasteiger partial charge in [0.1, 0.15) is 11.2 Å². The maximum Gasteiger partial charge on any atom is 0.143 e. The van der Waals surface area contributed by atoms with Crippen molar-refractivity contribution in [2.45, 2.75) is 6.42 Å². The molecule has 1 nitrogen and oxygen atoms in total. The second kappa shape index (κ2) is 7.09. The van der Waals surface area contributed by atoms with Crippen LogP contribution in [0.2, 0.25) is 0 Å². The van der Waals surface area contributed by atoms with Crippen LogP contribution in [-0.2, 0) is 6.42 Å². The minimum absolute atomic E-state index is 0.955. The molecule has 0 spiro atoms. The van der Waals surface area contributed by atoms with Crippen LogP contribution in [0, 0.1) is 0 Å². The van der Waals surface area contributed by atoms with Gasteiger partial charge in [0.25, 0.3) is 0 Å². The third kappa shape index (κ3) is 2.63. The highest BCUT2D eigenvalue weighted by Gasteiger charge is 2.24. The van der Waals surface area contributed by atoms with Crippen LogP contribution in [0.1, 0.15) is 11.1 Å². The first-order valence-electron chi connectivity index (χ1n) is 12.7. The summed E-state index contributed by atoms with van der Waals surface area (Å²) in [7, 11) is 0. The van der Waals surface area contributed by atoms with E-state index in [0.717, 1.165) is 17.6 Å². The molecule has 1 aliphatic rings. The molecule has 0 amide bonds. The molecule has 0 atom stereocenters. The molecule has 37 heavy (non-hydrogen) atoms. The normalized spacial score (nSPS) is 12.8. The smallest absolute Gasteiger partial charge is 0.143 e. The maximum absolute atomic E-state index is 6.77. The van der Waals surface area contributed by atoms with Crippen molar-refractivity contribution in [2.75, 3.05) is 0 Å². The summed E-state index contributed by atoms with van der Waals surface area (Å²) in [6.07, 6.45) is 0.971. The average molecular weight is 489 g/mol. The number of thiophene rings is 1. The van der Waals surface area contributed by atoms with Crippen molar-refractivity contribution in [2.24, 2.45) is 0 Å². The number of hydrogen-bond donors (Lipinski definition) is 0. The van der Waals surface area contributed by atoms with Crippen molar-refractivity contribution in [1.29, 1.82) is 0 Å². The van der Waals surface area contributed by atoms with Crippen LogP contribution in [0.3, 0.4) is 0 Å². The topological polar surface area (TPSA) is 13.1 Å². The van der Waals surface area contributed by atoms with Crippen LogP contribution in [0.4, 0.5) is 0 Å². The summed E-state index contributed by atoms with van der Waals surface area (Å²) >= 11 is 1.86. The van der Waals surface area contributed by atoms with E-state index in [4.69, 9.17) is 4.42 Å². The molecule has 6 aromatic carbocycles. The molecule has 1 aliphatic carbocycles. The third-order valence-electron chi connectivity index (χ3n) is 8.09. The minimum Gasteiger partial charge on any atom is -0.455 e. The molecule has 0 bridgehead atoms. The van der Waals surface area contributed by atoms with Crippen molar-refractivity contribution in [1.82, 2.24) is 0 Å². The van der Waals surface area contributed by atoms with Gasteiger partial charge >= 0.3 is 0 Å². The van der Waals surface area contributed by atoms with Crippen molar-refractivity contribution in [3.05, 3.63) is 120 Å². The molecular weight excluding hydrogens is 468 g/mol. The molecule has 9 rings (SSSR count). The molecule has 0 saturated heterocycles. The van der Waals surface area contributed by atoms with Gasteiger partial charge in [-0.1, -0.05) is 84.9 Å². The zero-order valence-electron chi connectivity index (χ0n) is 19.9. The van der Waals surface area contributed by atoms with Crippen LogP contribution in [0.25, 0.3) is 75.1 Å². The fraction of sp³-hybridized carbons (Fsp3) is 0.0286. The summed E-state index contributed by atoms with van der Waals surface area (Å²) in [4.78, 5) is 0. The van der Waals surface area contributed by atoms with Gasteiger partial charge in [0.2, 0.25) is 0 Å². The van der Waals surface area contributed by atoms with Crippen LogP contribution in [-0.4, -0.2) is 0 Å². The minimum atomic E-state index is 0.955. The van der Waals surface area contributed by atoms with Gasteiger partial charge in [-0.05, 0) is 69.3 Å². The Morgan fingerprint density at radius 2 is 1.32 bits per heavy atom. The van der Waals surface area contributed by atoms with Crippen LogP contribution in [0.5, 0.6) is 0 Å². The summed E-state index contributed by atoms with van der Waals surface area (Å²) < 4.78 is 9.43. The Labute approximate surface area is 217 Å². The van der Waals surface area contributed by atoms with Crippen LogP contribution in [0.15, 0.2) is 114 Å². The maximum atomic E-state index is 6.77. The molecule has 0 unspecified atom stereocenters. The standard InChI is InChI=1S/C35H20OS/c1-2-8-23-20(7-1)17-22-13-15-27-34-26-11-4-3-9-24(26)28(19-30(34)36-35(27)33(22)23)21-14-16-32-29(18-21)25-10-5-6-12-31(25)37-32/h1-16,18-19H,17H2. The number of benzene rings is 6. The highest BCUT2D eigenvalue weighted by atomic mass is 32.1. The third-order valence-corrected chi connectivity index (χ3v) is 9.24. The van der Waals surface area contributed by atoms with Gasteiger partial charge in [-0.15, -0.1) is 11.3 Å². The van der Waals surface area contributed by atoms with Gasteiger partial charge in [-0.3, -0.25) is 0 Å². The lowest BCUT2D eigenvalue weighted by atomic mass is 9.93. The monoisotopic (exact) mass is 488 g/mol. The fourth-order valence-corrected chi connectivity index (χ4v) is 7.53. The Balaban J connectivity index is 1.38. The van der Waals surface area contributed by atoms with Crippen molar-refractivity contribution < 1.29 is 4.42 Å². The highest BCUT2D eigenvalue weighted by Crippen LogP contribution is 2.47. The largest absolute Gasteiger partial charge is 0.455 e. The zero-order valence-corrected chi connectivity index (χ0v) is 20.7. The van der Waals surface area contributed by atoms with Crippen LogP contribution >= 0.6 is 11.3 Å². The Bertz CT molecular complexity index is 2230. The molecule has 0 saturated carbocycles. The number of furan rings is 1. The van der Waals surface area contributed by atoms with Crippen molar-refractivity contribution >= 4 is 64.2 Å². The first-order valence-corrected chi connectivity index (χ1v) is 13.5. The number of rotatable bonds is 1.